The SMILES string of the molecule is CN(CC1CCOCC1)c1ccc(CCl)nn1. The molecule has 0 atom stereocenters. The molecule has 17 heavy (non-hydrogen) atoms. The highest BCUT2D eigenvalue weighted by atomic mass is 35.5. The van der Waals surface area contributed by atoms with Crippen molar-refractivity contribution >= 4 is 17.4 Å². The van der Waals surface area contributed by atoms with E-state index in [1.807, 2.05) is 12.1 Å². The van der Waals surface area contributed by atoms with E-state index >= 15 is 0 Å². The Morgan fingerprint density at radius 3 is 2.71 bits per heavy atom. The van der Waals surface area contributed by atoms with Crippen molar-refractivity contribution in [2.45, 2.75) is 18.7 Å². The van der Waals surface area contributed by atoms with Crippen LogP contribution < -0.4 is 4.90 Å². The number of halogens is 1. The van der Waals surface area contributed by atoms with E-state index in [1.54, 1.807) is 0 Å². The maximum Gasteiger partial charge on any atom is 0.150 e. The number of nitrogens with zero attached hydrogens (tertiary/aromatic N) is 3. The minimum Gasteiger partial charge on any atom is -0.381 e. The summed E-state index contributed by atoms with van der Waals surface area (Å²) in [6.45, 7) is 2.78. The average Bonchev–Trinajstić information content (AvgIpc) is 2.40. The third kappa shape index (κ3) is 3.54. The first-order valence-electron chi connectivity index (χ1n) is 5.97. The molecule has 94 valence electrons. The minimum atomic E-state index is 0.414. The predicted molar refractivity (Wildman–Crippen MR) is 68.4 cm³/mol. The zero-order valence-corrected chi connectivity index (χ0v) is 10.9. The largest absolute Gasteiger partial charge is 0.381 e. The molecule has 1 fully saturated rings. The summed E-state index contributed by atoms with van der Waals surface area (Å²) >= 11 is 5.68. The van der Waals surface area contributed by atoms with E-state index in [9.17, 15) is 0 Å². The Morgan fingerprint density at radius 2 is 2.12 bits per heavy atom. The standard InChI is InChI=1S/C12H18ClN3O/c1-16(9-10-4-6-17-7-5-10)12-3-2-11(8-13)14-15-12/h2-3,10H,4-9H2,1H3. The Hall–Kier alpha value is -0.870. The first-order valence-corrected chi connectivity index (χ1v) is 6.50. The highest BCUT2D eigenvalue weighted by Crippen LogP contribution is 2.18. The average molecular weight is 256 g/mol. The topological polar surface area (TPSA) is 38.2 Å². The van der Waals surface area contributed by atoms with Crippen LogP contribution in [0.1, 0.15) is 18.5 Å². The molecule has 0 spiro atoms. The van der Waals surface area contributed by atoms with Crippen molar-refractivity contribution in [1.82, 2.24) is 10.2 Å². The minimum absolute atomic E-state index is 0.414. The molecule has 4 nitrogen and oxygen atoms in total. The summed E-state index contributed by atoms with van der Waals surface area (Å²) in [6, 6.07) is 3.90. The molecule has 1 aliphatic rings. The van der Waals surface area contributed by atoms with Gasteiger partial charge in [-0.25, -0.2) is 0 Å². The molecule has 0 unspecified atom stereocenters. The maximum absolute atomic E-state index is 5.68. The second kappa shape index (κ2) is 6.17. The summed E-state index contributed by atoms with van der Waals surface area (Å²) in [5, 5.41) is 8.24. The first-order chi connectivity index (χ1) is 8.29. The molecule has 0 aliphatic carbocycles. The van der Waals surface area contributed by atoms with Crippen molar-refractivity contribution in [1.29, 1.82) is 0 Å². The molecule has 5 heteroatoms. The summed E-state index contributed by atoms with van der Waals surface area (Å²) in [6.07, 6.45) is 2.27. The van der Waals surface area contributed by atoms with Crippen LogP contribution in [0.5, 0.6) is 0 Å². The number of hydrogen-bond donors (Lipinski definition) is 0. The third-order valence-corrected chi connectivity index (χ3v) is 3.38. The van der Waals surface area contributed by atoms with Gasteiger partial charge in [0.15, 0.2) is 5.82 Å². The molecule has 0 amide bonds. The number of aromatic nitrogens is 2. The zero-order chi connectivity index (χ0) is 12.1. The summed E-state index contributed by atoms with van der Waals surface area (Å²) in [7, 11) is 2.06. The van der Waals surface area contributed by atoms with Crippen molar-refractivity contribution in [3.8, 4) is 0 Å². The van der Waals surface area contributed by atoms with Crippen molar-refractivity contribution in [3.05, 3.63) is 17.8 Å². The van der Waals surface area contributed by atoms with E-state index in [0.717, 1.165) is 44.1 Å². The van der Waals surface area contributed by atoms with E-state index in [2.05, 4.69) is 22.1 Å². The molecule has 1 aromatic rings. The Kier molecular flexibility index (Phi) is 4.57. The fourth-order valence-electron chi connectivity index (χ4n) is 2.04. The van der Waals surface area contributed by atoms with Gasteiger partial charge in [0.05, 0.1) is 11.6 Å². The highest BCUT2D eigenvalue weighted by molar-refractivity contribution is 6.16. The number of rotatable bonds is 4. The first kappa shape index (κ1) is 12.6. The van der Waals surface area contributed by atoms with Crippen LogP contribution in [-0.2, 0) is 10.6 Å². The normalized spacial score (nSPS) is 17.1. The lowest BCUT2D eigenvalue weighted by molar-refractivity contribution is 0.0685. The molecule has 0 aromatic carbocycles. The van der Waals surface area contributed by atoms with Gasteiger partial charge >= 0.3 is 0 Å². The van der Waals surface area contributed by atoms with Gasteiger partial charge in [-0.15, -0.1) is 16.7 Å². The lowest BCUT2D eigenvalue weighted by Crippen LogP contribution is -2.30. The van der Waals surface area contributed by atoms with Gasteiger partial charge in [0.25, 0.3) is 0 Å². The molecule has 1 aliphatic heterocycles. The van der Waals surface area contributed by atoms with Crippen molar-refractivity contribution in [3.63, 3.8) is 0 Å². The van der Waals surface area contributed by atoms with Gasteiger partial charge in [0.1, 0.15) is 0 Å². The fourth-order valence-corrected chi connectivity index (χ4v) is 2.18. The summed E-state index contributed by atoms with van der Waals surface area (Å²) in [5.41, 5.74) is 0.815. The van der Waals surface area contributed by atoms with Crippen LogP contribution in [0.25, 0.3) is 0 Å². The summed E-state index contributed by atoms with van der Waals surface area (Å²) in [4.78, 5) is 2.15. The van der Waals surface area contributed by atoms with Crippen molar-refractivity contribution in [2.24, 2.45) is 5.92 Å². The zero-order valence-electron chi connectivity index (χ0n) is 10.1. The van der Waals surface area contributed by atoms with E-state index < -0.39 is 0 Å². The molecule has 0 radical (unpaired) electrons. The van der Waals surface area contributed by atoms with Crippen molar-refractivity contribution in [2.75, 3.05) is 31.7 Å². The smallest absolute Gasteiger partial charge is 0.150 e. The molecule has 0 saturated carbocycles. The van der Waals surface area contributed by atoms with Gasteiger partial charge in [-0.1, -0.05) is 0 Å². The van der Waals surface area contributed by atoms with Gasteiger partial charge in [-0.05, 0) is 30.9 Å². The number of ether oxygens (including phenoxy) is 1. The third-order valence-electron chi connectivity index (χ3n) is 3.11. The monoisotopic (exact) mass is 255 g/mol. The van der Waals surface area contributed by atoms with E-state index in [-0.39, 0.29) is 0 Å². The second-order valence-corrected chi connectivity index (χ2v) is 4.72. The van der Waals surface area contributed by atoms with Gasteiger partial charge in [-0.3, -0.25) is 0 Å². The number of anilines is 1. The quantitative estimate of drug-likeness (QED) is 0.772. The summed E-state index contributed by atoms with van der Waals surface area (Å²) in [5.74, 6) is 2.02. The van der Waals surface area contributed by atoms with Crippen molar-refractivity contribution < 1.29 is 4.74 Å². The molecular formula is C12H18ClN3O. The van der Waals surface area contributed by atoms with Crippen LogP contribution >= 0.6 is 11.6 Å². The second-order valence-electron chi connectivity index (χ2n) is 4.45. The van der Waals surface area contributed by atoms with Crippen LogP contribution in [0.4, 0.5) is 5.82 Å². The van der Waals surface area contributed by atoms with Crippen LogP contribution in [0.2, 0.25) is 0 Å². The van der Waals surface area contributed by atoms with Gasteiger partial charge in [0.2, 0.25) is 0 Å². The number of hydrogen-bond acceptors (Lipinski definition) is 4. The molecule has 1 saturated heterocycles. The van der Waals surface area contributed by atoms with Gasteiger partial charge in [0, 0.05) is 26.8 Å². The summed E-state index contributed by atoms with van der Waals surface area (Å²) < 4.78 is 5.36. The highest BCUT2D eigenvalue weighted by Gasteiger charge is 2.16. The molecule has 2 rings (SSSR count). The molecule has 1 aromatic heterocycles. The van der Waals surface area contributed by atoms with Crippen LogP contribution in [-0.4, -0.2) is 37.0 Å². The lowest BCUT2D eigenvalue weighted by atomic mass is 10.00. The van der Waals surface area contributed by atoms with Gasteiger partial charge in [-0.2, -0.15) is 5.10 Å². The molecule has 2 heterocycles. The van der Waals surface area contributed by atoms with Crippen LogP contribution in [0.3, 0.4) is 0 Å². The van der Waals surface area contributed by atoms with Crippen LogP contribution in [0, 0.1) is 5.92 Å². The lowest BCUT2D eigenvalue weighted by Gasteiger charge is -2.27. The van der Waals surface area contributed by atoms with Gasteiger partial charge < -0.3 is 9.64 Å². The van der Waals surface area contributed by atoms with E-state index in [0.29, 0.717) is 11.8 Å². The number of alkyl halides is 1. The Morgan fingerprint density at radius 1 is 1.35 bits per heavy atom. The molecule has 0 N–H and O–H groups in total. The van der Waals surface area contributed by atoms with Crippen LogP contribution in [0.15, 0.2) is 12.1 Å². The van der Waals surface area contributed by atoms with E-state index in [1.165, 1.54) is 0 Å². The Bertz CT molecular complexity index is 338. The fraction of sp³-hybridized carbons (Fsp3) is 0.667. The Balaban J connectivity index is 1.91. The Labute approximate surface area is 107 Å². The predicted octanol–water partition coefficient (Wildman–Crippen LogP) is 2.08. The maximum atomic E-state index is 5.68. The molecule has 0 bridgehead atoms. The molecular weight excluding hydrogens is 238 g/mol. The van der Waals surface area contributed by atoms with E-state index in [4.69, 9.17) is 16.3 Å².